The van der Waals surface area contributed by atoms with Crippen molar-refractivity contribution in [3.05, 3.63) is 65.4 Å². The van der Waals surface area contributed by atoms with E-state index in [0.717, 1.165) is 12.0 Å². The molecule has 1 unspecified atom stereocenters. The van der Waals surface area contributed by atoms with Crippen molar-refractivity contribution in [1.82, 2.24) is 10.4 Å². The molecule has 0 bridgehead atoms. The number of aliphatic carboxylic acids is 1. The monoisotopic (exact) mass is 511 g/mol. The molecular weight excluding hydrogens is 483 g/mol. The molecule has 0 aliphatic carbocycles. The van der Waals surface area contributed by atoms with Crippen LogP contribution in [0.15, 0.2) is 59.8 Å². The predicted octanol–water partition coefficient (Wildman–Crippen LogP) is 4.75. The van der Waals surface area contributed by atoms with E-state index in [2.05, 4.69) is 5.43 Å². The van der Waals surface area contributed by atoms with Gasteiger partial charge < -0.3 is 10.5 Å². The molecule has 0 amide bonds. The van der Waals surface area contributed by atoms with E-state index in [0.29, 0.717) is 29.8 Å². The van der Waals surface area contributed by atoms with Crippen LogP contribution in [0.2, 0.25) is 0 Å². The van der Waals surface area contributed by atoms with Crippen LogP contribution in [0.25, 0.3) is 11.1 Å². The zero-order valence-electron chi connectivity index (χ0n) is 19.6. The molecule has 35 heavy (non-hydrogen) atoms. The second-order valence-electron chi connectivity index (χ2n) is 8.61. The van der Waals surface area contributed by atoms with Crippen molar-refractivity contribution in [3.63, 3.8) is 0 Å². The van der Waals surface area contributed by atoms with Crippen LogP contribution in [0.3, 0.4) is 0 Å². The van der Waals surface area contributed by atoms with Crippen LogP contribution in [0, 0.1) is 5.92 Å². The molecule has 1 atom stereocenters. The number of nitrogens with one attached hydrogen (secondary N) is 2. The van der Waals surface area contributed by atoms with Gasteiger partial charge in [0.15, 0.2) is 0 Å². The molecule has 0 radical (unpaired) electrons. The van der Waals surface area contributed by atoms with Crippen molar-refractivity contribution in [3.8, 4) is 11.1 Å². The number of sulfonamides is 1. The quantitative estimate of drug-likeness (QED) is 0.450. The summed E-state index contributed by atoms with van der Waals surface area (Å²) in [5, 5.41) is 11.8. The lowest BCUT2D eigenvalue weighted by atomic mass is 9.94. The van der Waals surface area contributed by atoms with Crippen molar-refractivity contribution < 1.29 is 31.5 Å². The predicted molar refractivity (Wildman–Crippen MR) is 128 cm³/mol. The van der Waals surface area contributed by atoms with Crippen LogP contribution < -0.4 is 10.1 Å². The number of carboxylic acid groups (broad SMARTS) is 1. The lowest BCUT2D eigenvalue weighted by Gasteiger charge is -2.26. The van der Waals surface area contributed by atoms with Crippen molar-refractivity contribution in [2.75, 3.05) is 11.3 Å². The minimum absolute atomic E-state index is 0.00445. The Labute approximate surface area is 202 Å². The molecule has 3 rings (SSSR count). The number of allylic oxidation sites excluding steroid dienone is 1. The van der Waals surface area contributed by atoms with E-state index in [9.17, 15) is 31.5 Å². The number of hydrazine groups is 1. The maximum absolute atomic E-state index is 12.8. The van der Waals surface area contributed by atoms with Gasteiger partial charge in [-0.3, -0.25) is 4.72 Å². The molecule has 7 nitrogen and oxygen atoms in total. The van der Waals surface area contributed by atoms with Gasteiger partial charge in [-0.1, -0.05) is 63.2 Å². The number of carboxylic acids is 1. The molecule has 3 N–H and O–H groups in total. The lowest BCUT2D eigenvalue weighted by molar-refractivity contribution is -0.133. The molecule has 1 aliphatic rings. The number of hydrogen-bond acceptors (Lipinski definition) is 5. The van der Waals surface area contributed by atoms with Crippen LogP contribution in [0.1, 0.15) is 32.8 Å². The third-order valence-electron chi connectivity index (χ3n) is 5.71. The average molecular weight is 512 g/mol. The highest BCUT2D eigenvalue weighted by atomic mass is 32.2. The van der Waals surface area contributed by atoms with E-state index < -0.39 is 21.5 Å². The van der Waals surface area contributed by atoms with Gasteiger partial charge in [-0.05, 0) is 36.0 Å². The highest BCUT2D eigenvalue weighted by Gasteiger charge is 2.46. The molecule has 11 heteroatoms. The summed E-state index contributed by atoms with van der Waals surface area (Å²) >= 11 is 0. The number of halogens is 3. The lowest BCUT2D eigenvalue weighted by Crippen LogP contribution is -2.42. The zero-order valence-corrected chi connectivity index (χ0v) is 20.4. The third-order valence-corrected chi connectivity index (χ3v) is 6.80. The number of rotatable bonds is 9. The molecule has 0 saturated heterocycles. The van der Waals surface area contributed by atoms with Crippen molar-refractivity contribution >= 4 is 21.7 Å². The van der Waals surface area contributed by atoms with Gasteiger partial charge in [0.2, 0.25) is 0 Å². The molecule has 2 aromatic rings. The molecule has 0 spiro atoms. The van der Waals surface area contributed by atoms with Crippen LogP contribution in [-0.4, -0.2) is 42.6 Å². The number of carbonyl (C=O) groups is 1. The Bertz CT molecular complexity index is 1210. The zero-order chi connectivity index (χ0) is 26.0. The van der Waals surface area contributed by atoms with Crippen molar-refractivity contribution in [2.24, 2.45) is 5.92 Å². The molecule has 190 valence electrons. The summed E-state index contributed by atoms with van der Waals surface area (Å²) in [5.41, 5.74) is 0.257. The number of benzene rings is 2. The second kappa shape index (κ2) is 10.3. The first kappa shape index (κ1) is 26.6. The van der Waals surface area contributed by atoms with Gasteiger partial charge in [0, 0.05) is 17.8 Å². The Balaban J connectivity index is 1.89. The first-order chi connectivity index (χ1) is 16.4. The SMILES string of the molecule is CCCN1NC(C(C)C)=C(C(=O)O)C1Cc1ccc(-c2ccccc2NS(=O)(=O)C(F)(F)F)cc1. The number of hydrogen-bond donors (Lipinski definition) is 3. The Morgan fingerprint density at radius 3 is 2.31 bits per heavy atom. The van der Waals surface area contributed by atoms with E-state index in [1.807, 2.05) is 25.8 Å². The van der Waals surface area contributed by atoms with Gasteiger partial charge in [0.05, 0.1) is 17.3 Å². The normalized spacial score (nSPS) is 17.1. The topological polar surface area (TPSA) is 98.7 Å². The number of para-hydroxylation sites is 1. The van der Waals surface area contributed by atoms with E-state index in [4.69, 9.17) is 0 Å². The van der Waals surface area contributed by atoms with Crippen LogP contribution in [0.4, 0.5) is 18.9 Å². The Kier molecular flexibility index (Phi) is 7.80. The molecule has 0 fully saturated rings. The van der Waals surface area contributed by atoms with E-state index in [-0.39, 0.29) is 23.2 Å². The second-order valence-corrected chi connectivity index (χ2v) is 10.3. The van der Waals surface area contributed by atoms with Gasteiger partial charge in [0.1, 0.15) is 0 Å². The van der Waals surface area contributed by atoms with E-state index in [1.54, 1.807) is 35.1 Å². The van der Waals surface area contributed by atoms with Gasteiger partial charge in [0.25, 0.3) is 0 Å². The Morgan fingerprint density at radius 2 is 1.77 bits per heavy atom. The first-order valence-electron chi connectivity index (χ1n) is 11.1. The summed E-state index contributed by atoms with van der Waals surface area (Å²) in [6.07, 6.45) is 1.23. The van der Waals surface area contributed by atoms with Crippen LogP contribution in [-0.2, 0) is 21.2 Å². The first-order valence-corrected chi connectivity index (χ1v) is 12.6. The standard InChI is InChI=1S/C24H28F3N3O4S/c1-4-13-30-20(21(23(31)32)22(28-30)15(2)3)14-16-9-11-17(12-10-16)18-7-5-6-8-19(18)29-35(33,34)24(25,26)27/h5-12,15,20,28-29H,4,13-14H2,1-3H3,(H,31,32). The van der Waals surface area contributed by atoms with Crippen molar-refractivity contribution in [2.45, 2.75) is 45.2 Å². The minimum Gasteiger partial charge on any atom is -0.478 e. The van der Waals surface area contributed by atoms with Crippen LogP contribution in [0.5, 0.6) is 0 Å². The average Bonchev–Trinajstić information content (AvgIpc) is 3.12. The molecule has 2 aromatic carbocycles. The van der Waals surface area contributed by atoms with Crippen molar-refractivity contribution in [1.29, 1.82) is 0 Å². The summed E-state index contributed by atoms with van der Waals surface area (Å²) in [6.45, 7) is 6.52. The van der Waals surface area contributed by atoms with Crippen LogP contribution >= 0.6 is 0 Å². The summed E-state index contributed by atoms with van der Waals surface area (Å²) < 4.78 is 63.3. The summed E-state index contributed by atoms with van der Waals surface area (Å²) in [5.74, 6) is -0.975. The minimum atomic E-state index is -5.57. The smallest absolute Gasteiger partial charge is 0.478 e. The third kappa shape index (κ3) is 5.79. The molecule has 0 aromatic heterocycles. The molecule has 0 saturated carbocycles. The molecular formula is C24H28F3N3O4S. The van der Waals surface area contributed by atoms with Gasteiger partial charge >= 0.3 is 21.5 Å². The fourth-order valence-electron chi connectivity index (χ4n) is 4.06. The summed E-state index contributed by atoms with van der Waals surface area (Å²) in [6, 6.07) is 12.3. The number of alkyl halides is 3. The maximum atomic E-state index is 12.8. The maximum Gasteiger partial charge on any atom is 0.516 e. The Hall–Kier alpha value is -3.05. The highest BCUT2D eigenvalue weighted by Crippen LogP contribution is 2.33. The summed E-state index contributed by atoms with van der Waals surface area (Å²) in [4.78, 5) is 12.1. The fourth-order valence-corrected chi connectivity index (χ4v) is 4.64. The fraction of sp³-hybridized carbons (Fsp3) is 0.375. The van der Waals surface area contributed by atoms with E-state index >= 15 is 0 Å². The highest BCUT2D eigenvalue weighted by molar-refractivity contribution is 7.93. The number of nitrogens with zero attached hydrogens (tertiary/aromatic N) is 1. The largest absolute Gasteiger partial charge is 0.516 e. The molecule has 1 heterocycles. The summed E-state index contributed by atoms with van der Waals surface area (Å²) in [7, 11) is -5.57. The number of anilines is 1. The molecule has 1 aliphatic heterocycles. The van der Waals surface area contributed by atoms with Gasteiger partial charge in [-0.2, -0.15) is 21.6 Å². The Morgan fingerprint density at radius 1 is 1.14 bits per heavy atom. The van der Waals surface area contributed by atoms with Gasteiger partial charge in [-0.15, -0.1) is 0 Å². The van der Waals surface area contributed by atoms with E-state index in [1.165, 1.54) is 18.2 Å². The van der Waals surface area contributed by atoms with Gasteiger partial charge in [-0.25, -0.2) is 9.80 Å².